The summed E-state index contributed by atoms with van der Waals surface area (Å²) in [6, 6.07) is 22.8. The van der Waals surface area contributed by atoms with Crippen LogP contribution in [0.15, 0.2) is 70.7 Å². The molecule has 0 atom stereocenters. The largest absolute Gasteiger partial charge is 0.293 e. The number of nitrogens with zero attached hydrogens (tertiary/aromatic N) is 4. The van der Waals surface area contributed by atoms with Crippen molar-refractivity contribution in [2.45, 2.75) is 37.7 Å². The van der Waals surface area contributed by atoms with Crippen molar-refractivity contribution in [1.29, 1.82) is 10.5 Å². The molecule has 4 aromatic rings. The molecule has 2 aromatic carbocycles. The van der Waals surface area contributed by atoms with Crippen molar-refractivity contribution >= 4 is 35.1 Å². The van der Waals surface area contributed by atoms with Gasteiger partial charge in [0.1, 0.15) is 22.2 Å². The minimum atomic E-state index is -0.0438. The minimum Gasteiger partial charge on any atom is -0.293 e. The number of carbonyl (C=O) groups is 2. The second-order valence-electron chi connectivity index (χ2n) is 9.32. The average Bonchev–Trinajstić information content (AvgIpc) is 2.94. The highest BCUT2D eigenvalue weighted by Gasteiger charge is 2.15. The number of Topliss-reactive ketones (excluding diaryl/α,β-unsaturated/α-hetero) is 2. The van der Waals surface area contributed by atoms with E-state index in [4.69, 9.17) is 0 Å². The van der Waals surface area contributed by atoms with Gasteiger partial charge in [-0.1, -0.05) is 72.1 Å². The monoisotopic (exact) mass is 562 g/mol. The maximum atomic E-state index is 12.8. The highest BCUT2D eigenvalue weighted by atomic mass is 32.2. The lowest BCUT2D eigenvalue weighted by Gasteiger charge is -2.08. The molecule has 40 heavy (non-hydrogen) atoms. The first kappa shape index (κ1) is 28.8. The summed E-state index contributed by atoms with van der Waals surface area (Å²) >= 11 is 2.55. The summed E-state index contributed by atoms with van der Waals surface area (Å²) in [7, 11) is 0. The molecule has 198 valence electrons. The maximum absolute atomic E-state index is 12.8. The zero-order valence-electron chi connectivity index (χ0n) is 22.6. The number of aryl methyl sites for hydroxylation is 4. The fraction of sp³-hybridized carbons (Fsp3) is 0.188. The molecule has 0 saturated heterocycles. The zero-order chi connectivity index (χ0) is 28.8. The van der Waals surface area contributed by atoms with Gasteiger partial charge in [0.05, 0.1) is 22.6 Å². The molecule has 2 heterocycles. The van der Waals surface area contributed by atoms with Gasteiger partial charge in [-0.2, -0.15) is 10.5 Å². The third-order valence-corrected chi connectivity index (χ3v) is 8.22. The molecule has 0 aliphatic heterocycles. The number of hydrogen-bond donors (Lipinski definition) is 0. The van der Waals surface area contributed by atoms with Gasteiger partial charge in [-0.05, 0) is 62.1 Å². The molecule has 4 rings (SSSR count). The fourth-order valence-electron chi connectivity index (χ4n) is 4.22. The van der Waals surface area contributed by atoms with Crippen LogP contribution in [0.1, 0.15) is 54.4 Å². The van der Waals surface area contributed by atoms with Gasteiger partial charge in [-0.3, -0.25) is 9.59 Å². The minimum absolute atomic E-state index is 0.0438. The van der Waals surface area contributed by atoms with Crippen molar-refractivity contribution in [3.8, 4) is 23.3 Å². The van der Waals surface area contributed by atoms with E-state index in [0.29, 0.717) is 32.3 Å². The Bertz CT molecular complexity index is 1560. The smallest absolute Gasteiger partial charge is 0.173 e. The molecule has 0 saturated carbocycles. The molecule has 6 nitrogen and oxygen atoms in total. The molecule has 0 spiro atoms. The summed E-state index contributed by atoms with van der Waals surface area (Å²) in [5, 5.41) is 20.1. The van der Waals surface area contributed by atoms with Crippen molar-refractivity contribution in [3.05, 3.63) is 105 Å². The molecule has 0 aliphatic carbocycles. The van der Waals surface area contributed by atoms with Crippen LogP contribution in [0.25, 0.3) is 11.1 Å². The van der Waals surface area contributed by atoms with Crippen LogP contribution < -0.4 is 0 Å². The Morgan fingerprint density at radius 3 is 1.32 bits per heavy atom. The van der Waals surface area contributed by atoms with E-state index < -0.39 is 0 Å². The summed E-state index contributed by atoms with van der Waals surface area (Å²) in [5.74, 6) is 0.286. The van der Waals surface area contributed by atoms with Crippen LogP contribution in [0, 0.1) is 50.4 Å². The molecule has 0 amide bonds. The van der Waals surface area contributed by atoms with Crippen molar-refractivity contribution in [1.82, 2.24) is 9.97 Å². The normalized spacial score (nSPS) is 10.6. The van der Waals surface area contributed by atoms with Gasteiger partial charge in [0.15, 0.2) is 11.6 Å². The van der Waals surface area contributed by atoms with Crippen LogP contribution in [-0.2, 0) is 0 Å². The Labute approximate surface area is 242 Å². The highest BCUT2D eigenvalue weighted by Crippen LogP contribution is 2.27. The Morgan fingerprint density at radius 1 is 0.650 bits per heavy atom. The van der Waals surface area contributed by atoms with Gasteiger partial charge < -0.3 is 0 Å². The predicted molar refractivity (Wildman–Crippen MR) is 159 cm³/mol. The Morgan fingerprint density at radius 2 is 1.00 bits per heavy atom. The number of pyridine rings is 2. The molecular formula is C32H26N4O2S2. The highest BCUT2D eigenvalue weighted by molar-refractivity contribution is 8.00. The van der Waals surface area contributed by atoms with Gasteiger partial charge in [0.25, 0.3) is 0 Å². The van der Waals surface area contributed by atoms with E-state index in [1.165, 1.54) is 23.5 Å². The number of aromatic nitrogens is 2. The molecule has 2 aromatic heterocycles. The molecule has 0 fully saturated rings. The molecule has 8 heteroatoms. The molecule has 0 N–H and O–H groups in total. The molecule has 0 radical (unpaired) electrons. The van der Waals surface area contributed by atoms with E-state index in [1.54, 1.807) is 24.3 Å². The van der Waals surface area contributed by atoms with Crippen molar-refractivity contribution in [2.75, 3.05) is 11.5 Å². The van der Waals surface area contributed by atoms with Crippen LogP contribution in [0.5, 0.6) is 0 Å². The number of hydrogen-bond acceptors (Lipinski definition) is 8. The molecule has 0 bridgehead atoms. The van der Waals surface area contributed by atoms with Crippen LogP contribution in [0.3, 0.4) is 0 Å². The number of thioether (sulfide) groups is 2. The van der Waals surface area contributed by atoms with Crippen LogP contribution >= 0.6 is 23.5 Å². The van der Waals surface area contributed by atoms with E-state index in [9.17, 15) is 20.1 Å². The average molecular weight is 563 g/mol. The predicted octanol–water partition coefficient (Wildman–Crippen LogP) is 7.07. The summed E-state index contributed by atoms with van der Waals surface area (Å²) in [6.07, 6.45) is 0. The number of rotatable bonds is 9. The SMILES string of the molecule is Cc1cc(C)c(C#N)c(SCC(=O)c2ccc(-c3ccc(C(=O)CSc4nc(C)cc(C)c4C#N)cc3)cc2)n1. The van der Waals surface area contributed by atoms with Crippen molar-refractivity contribution < 1.29 is 9.59 Å². The van der Waals surface area contributed by atoms with Gasteiger partial charge in [-0.15, -0.1) is 0 Å². The lowest BCUT2D eigenvalue weighted by Crippen LogP contribution is -2.04. The van der Waals surface area contributed by atoms with E-state index in [0.717, 1.165) is 33.6 Å². The van der Waals surface area contributed by atoms with Gasteiger partial charge in [0, 0.05) is 22.5 Å². The topological polar surface area (TPSA) is 107 Å². The second-order valence-corrected chi connectivity index (χ2v) is 11.3. The third kappa shape index (κ3) is 6.66. The molecular weight excluding hydrogens is 537 g/mol. The van der Waals surface area contributed by atoms with E-state index >= 15 is 0 Å². The van der Waals surface area contributed by atoms with E-state index in [2.05, 4.69) is 22.1 Å². The quantitative estimate of drug-likeness (QED) is 0.157. The van der Waals surface area contributed by atoms with E-state index in [1.807, 2.05) is 64.1 Å². The zero-order valence-corrected chi connectivity index (χ0v) is 24.2. The number of carbonyl (C=O) groups excluding carboxylic acids is 2. The molecule has 0 unspecified atom stereocenters. The second kappa shape index (κ2) is 12.7. The first-order valence-corrected chi connectivity index (χ1v) is 14.5. The van der Waals surface area contributed by atoms with Crippen molar-refractivity contribution in [3.63, 3.8) is 0 Å². The Hall–Kier alpha value is -4.24. The number of benzene rings is 2. The lowest BCUT2D eigenvalue weighted by atomic mass is 10.0. The van der Waals surface area contributed by atoms with Gasteiger partial charge in [-0.25, -0.2) is 9.97 Å². The Kier molecular flexibility index (Phi) is 9.16. The van der Waals surface area contributed by atoms with E-state index in [-0.39, 0.29) is 23.1 Å². The maximum Gasteiger partial charge on any atom is 0.173 e. The first-order chi connectivity index (χ1) is 19.2. The first-order valence-electron chi connectivity index (χ1n) is 12.5. The summed E-state index contributed by atoms with van der Waals surface area (Å²) < 4.78 is 0. The molecule has 0 aliphatic rings. The van der Waals surface area contributed by atoms with Gasteiger partial charge >= 0.3 is 0 Å². The lowest BCUT2D eigenvalue weighted by molar-refractivity contribution is 0.101. The summed E-state index contributed by atoms with van der Waals surface area (Å²) in [4.78, 5) is 34.5. The van der Waals surface area contributed by atoms with Crippen LogP contribution in [-0.4, -0.2) is 33.0 Å². The number of ketones is 2. The van der Waals surface area contributed by atoms with Crippen LogP contribution in [0.4, 0.5) is 0 Å². The fourth-order valence-corrected chi connectivity index (χ4v) is 6.21. The number of nitriles is 2. The van der Waals surface area contributed by atoms with Crippen LogP contribution in [0.2, 0.25) is 0 Å². The van der Waals surface area contributed by atoms with Crippen molar-refractivity contribution in [2.24, 2.45) is 0 Å². The standard InChI is InChI=1S/C32H26N4O2S2/c1-19-13-21(3)35-31(27(19)15-33)39-17-29(37)25-9-5-23(6-10-25)24-7-11-26(12-8-24)30(38)18-40-32-28(16-34)20(2)14-22(4)36-32/h5-14H,17-18H2,1-4H3. The van der Waals surface area contributed by atoms with Gasteiger partial charge in [0.2, 0.25) is 0 Å². The Balaban J connectivity index is 1.38. The third-order valence-electron chi connectivity index (χ3n) is 6.27. The summed E-state index contributed by atoms with van der Waals surface area (Å²) in [6.45, 7) is 7.48. The summed E-state index contributed by atoms with van der Waals surface area (Å²) in [5.41, 5.74) is 7.37.